The van der Waals surface area contributed by atoms with E-state index >= 15 is 0 Å². The summed E-state index contributed by atoms with van der Waals surface area (Å²) < 4.78 is 16.4. The van der Waals surface area contributed by atoms with Crippen molar-refractivity contribution >= 4 is 17.5 Å². The number of benzene rings is 3. The quantitative estimate of drug-likeness (QED) is 0.369. The summed E-state index contributed by atoms with van der Waals surface area (Å²) in [6.45, 7) is 4.72. The van der Waals surface area contributed by atoms with Crippen LogP contribution < -0.4 is 19.1 Å². The first-order chi connectivity index (χ1) is 18.4. The Balaban J connectivity index is 1.92. The Kier molecular flexibility index (Phi) is 8.25. The zero-order valence-corrected chi connectivity index (χ0v) is 23.0. The summed E-state index contributed by atoms with van der Waals surface area (Å²) in [5, 5.41) is 0. The van der Waals surface area contributed by atoms with Gasteiger partial charge in [0, 0.05) is 24.8 Å². The normalized spacial score (nSPS) is 16.6. The minimum Gasteiger partial charge on any atom is -0.497 e. The highest BCUT2D eigenvalue weighted by atomic mass is 16.5. The van der Waals surface area contributed by atoms with Gasteiger partial charge in [0.15, 0.2) is 11.5 Å². The van der Waals surface area contributed by atoms with E-state index in [1.54, 1.807) is 38.3 Å². The Labute approximate surface area is 224 Å². The number of hydrogen-bond donors (Lipinski definition) is 0. The molecule has 0 radical (unpaired) electrons. The lowest BCUT2D eigenvalue weighted by molar-refractivity contribution is -0.121. The Bertz CT molecular complexity index is 1290. The van der Waals surface area contributed by atoms with Crippen molar-refractivity contribution in [3.8, 4) is 17.2 Å². The largest absolute Gasteiger partial charge is 0.497 e. The van der Waals surface area contributed by atoms with Gasteiger partial charge >= 0.3 is 0 Å². The predicted octanol–water partition coefficient (Wildman–Crippen LogP) is 5.63. The number of nitrogens with zero attached hydrogens (tertiary/aromatic N) is 2. The van der Waals surface area contributed by atoms with Crippen molar-refractivity contribution in [3.63, 3.8) is 0 Å². The van der Waals surface area contributed by atoms with E-state index in [1.807, 2.05) is 41.3 Å². The number of methoxy groups -OCH3 is 3. The van der Waals surface area contributed by atoms with Crippen LogP contribution in [0.1, 0.15) is 59.3 Å². The van der Waals surface area contributed by atoms with Gasteiger partial charge in [0.1, 0.15) is 5.75 Å². The molecule has 0 aliphatic carbocycles. The molecule has 3 aromatic carbocycles. The lowest BCUT2D eigenvalue weighted by atomic mass is 9.78. The van der Waals surface area contributed by atoms with Crippen LogP contribution in [0.5, 0.6) is 17.2 Å². The van der Waals surface area contributed by atoms with E-state index in [0.29, 0.717) is 34.9 Å². The Morgan fingerprint density at radius 3 is 2.08 bits per heavy atom. The van der Waals surface area contributed by atoms with Gasteiger partial charge < -0.3 is 24.0 Å². The van der Waals surface area contributed by atoms with Crippen molar-refractivity contribution in [2.75, 3.05) is 39.8 Å². The average molecular weight is 517 g/mol. The third-order valence-corrected chi connectivity index (χ3v) is 7.27. The van der Waals surface area contributed by atoms with Gasteiger partial charge in [-0.3, -0.25) is 9.59 Å². The van der Waals surface area contributed by atoms with E-state index in [4.69, 9.17) is 14.2 Å². The Hall–Kier alpha value is -4.00. The molecular formula is C31H36N2O5. The minimum absolute atomic E-state index is 0.0789. The molecule has 0 spiro atoms. The second kappa shape index (κ2) is 11.6. The van der Waals surface area contributed by atoms with Crippen LogP contribution >= 0.6 is 0 Å². The van der Waals surface area contributed by atoms with E-state index in [1.165, 1.54) is 12.7 Å². The maximum Gasteiger partial charge on any atom is 0.254 e. The average Bonchev–Trinajstić information content (AvgIpc) is 2.96. The number of ether oxygens (including phenoxy) is 3. The molecule has 1 aliphatic heterocycles. The van der Waals surface area contributed by atoms with Gasteiger partial charge in [0.2, 0.25) is 5.91 Å². The van der Waals surface area contributed by atoms with Crippen molar-refractivity contribution in [1.29, 1.82) is 0 Å². The molecule has 0 aromatic heterocycles. The number of aryl methyl sites for hydroxylation is 1. The number of rotatable bonds is 9. The van der Waals surface area contributed by atoms with Gasteiger partial charge in [-0.2, -0.15) is 0 Å². The number of carbonyl (C=O) groups excluding carboxylic acids is 2. The standard InChI is InChI=1S/C31H36N2O5/c1-7-17-33(22-13-9-20(8-2)10-14-22)31(35)28-24-18-26(37-5)27(38-6)19-25(24)30(34)32(3)29(28)21-11-15-23(36-4)16-12-21/h9-16,18-19,28-29H,7-8,17H2,1-6H3/t28-,29-/m1/s1. The summed E-state index contributed by atoms with van der Waals surface area (Å²) in [4.78, 5) is 31.8. The highest BCUT2D eigenvalue weighted by molar-refractivity contribution is 6.05. The fraction of sp³-hybridized carbons (Fsp3) is 0.355. The topological polar surface area (TPSA) is 68.3 Å². The van der Waals surface area contributed by atoms with E-state index in [9.17, 15) is 9.59 Å². The second-order valence-corrected chi connectivity index (χ2v) is 9.42. The smallest absolute Gasteiger partial charge is 0.254 e. The monoisotopic (exact) mass is 516 g/mol. The first-order valence-electron chi connectivity index (χ1n) is 13.0. The Morgan fingerprint density at radius 2 is 1.53 bits per heavy atom. The van der Waals surface area contributed by atoms with E-state index < -0.39 is 12.0 Å². The lowest BCUT2D eigenvalue weighted by Crippen LogP contribution is -2.47. The van der Waals surface area contributed by atoms with E-state index in [0.717, 1.165) is 24.1 Å². The van der Waals surface area contributed by atoms with Crippen LogP contribution in [0.25, 0.3) is 0 Å². The maximum atomic E-state index is 14.6. The molecule has 1 heterocycles. The van der Waals surface area contributed by atoms with Gasteiger partial charge in [0.25, 0.3) is 5.91 Å². The second-order valence-electron chi connectivity index (χ2n) is 9.42. The minimum atomic E-state index is -0.668. The van der Waals surface area contributed by atoms with Crippen LogP contribution in [-0.4, -0.2) is 51.6 Å². The summed E-state index contributed by atoms with van der Waals surface area (Å²) in [5.41, 5.74) is 3.95. The van der Waals surface area contributed by atoms with E-state index in [2.05, 4.69) is 26.0 Å². The molecule has 0 saturated carbocycles. The van der Waals surface area contributed by atoms with Crippen LogP contribution in [-0.2, 0) is 11.2 Å². The predicted molar refractivity (Wildman–Crippen MR) is 149 cm³/mol. The molecule has 7 nitrogen and oxygen atoms in total. The van der Waals surface area contributed by atoms with Gasteiger partial charge in [-0.25, -0.2) is 0 Å². The summed E-state index contributed by atoms with van der Waals surface area (Å²) in [6.07, 6.45) is 1.71. The first kappa shape index (κ1) is 27.0. The molecule has 7 heteroatoms. The number of fused-ring (bicyclic) bond motifs is 1. The maximum absolute atomic E-state index is 14.6. The SMILES string of the molecule is CCCN(C(=O)[C@@H]1c2cc(OC)c(OC)cc2C(=O)N(C)[C@@H]1c1ccc(OC)cc1)c1ccc(CC)cc1. The number of likely N-dealkylation sites (N-methyl/N-ethyl adjacent to an activating group) is 1. The van der Waals surface area contributed by atoms with Crippen molar-refractivity contribution < 1.29 is 23.8 Å². The molecule has 1 aliphatic rings. The molecule has 38 heavy (non-hydrogen) atoms. The van der Waals surface area contributed by atoms with Gasteiger partial charge in [-0.05, 0) is 65.9 Å². The lowest BCUT2D eigenvalue weighted by Gasteiger charge is -2.42. The molecule has 2 atom stereocenters. The van der Waals surface area contributed by atoms with Gasteiger partial charge in [-0.15, -0.1) is 0 Å². The zero-order valence-electron chi connectivity index (χ0n) is 23.0. The fourth-order valence-corrected chi connectivity index (χ4v) is 5.20. The summed E-state index contributed by atoms with van der Waals surface area (Å²) in [5.74, 6) is 0.701. The Morgan fingerprint density at radius 1 is 0.895 bits per heavy atom. The van der Waals surface area contributed by atoms with E-state index in [-0.39, 0.29) is 11.8 Å². The van der Waals surface area contributed by atoms with Crippen molar-refractivity contribution in [3.05, 3.63) is 82.9 Å². The van der Waals surface area contributed by atoms with Crippen molar-refractivity contribution in [2.24, 2.45) is 0 Å². The third kappa shape index (κ3) is 4.93. The first-order valence-corrected chi connectivity index (χ1v) is 13.0. The van der Waals surface area contributed by atoms with Crippen LogP contribution in [0.4, 0.5) is 5.69 Å². The highest BCUT2D eigenvalue weighted by Crippen LogP contribution is 2.47. The summed E-state index contributed by atoms with van der Waals surface area (Å²) >= 11 is 0. The van der Waals surface area contributed by atoms with Gasteiger partial charge in [0.05, 0.1) is 33.3 Å². The number of amides is 2. The van der Waals surface area contributed by atoms with Crippen molar-refractivity contribution in [1.82, 2.24) is 4.90 Å². The highest BCUT2D eigenvalue weighted by Gasteiger charge is 2.45. The molecule has 0 fully saturated rings. The molecule has 0 saturated heterocycles. The van der Waals surface area contributed by atoms with Crippen LogP contribution in [0, 0.1) is 0 Å². The molecule has 200 valence electrons. The molecule has 0 N–H and O–H groups in total. The van der Waals surface area contributed by atoms with Crippen LogP contribution in [0.15, 0.2) is 60.7 Å². The number of carbonyl (C=O) groups is 2. The molecule has 0 bridgehead atoms. The third-order valence-electron chi connectivity index (χ3n) is 7.27. The zero-order chi connectivity index (χ0) is 27.4. The number of anilines is 1. The molecule has 0 unspecified atom stereocenters. The molecule has 3 aromatic rings. The molecular weight excluding hydrogens is 480 g/mol. The fourth-order valence-electron chi connectivity index (χ4n) is 5.20. The molecule has 2 amide bonds. The number of hydrogen-bond acceptors (Lipinski definition) is 5. The van der Waals surface area contributed by atoms with Crippen LogP contribution in [0.3, 0.4) is 0 Å². The molecule has 4 rings (SSSR count). The van der Waals surface area contributed by atoms with Gasteiger partial charge in [-0.1, -0.05) is 38.1 Å². The van der Waals surface area contributed by atoms with Crippen molar-refractivity contribution in [2.45, 2.75) is 38.6 Å². The summed E-state index contributed by atoms with van der Waals surface area (Å²) in [6, 6.07) is 18.6. The summed E-state index contributed by atoms with van der Waals surface area (Å²) in [7, 11) is 6.45. The van der Waals surface area contributed by atoms with Crippen LogP contribution in [0.2, 0.25) is 0 Å².